The van der Waals surface area contributed by atoms with E-state index in [9.17, 15) is 5.11 Å². The van der Waals surface area contributed by atoms with Gasteiger partial charge in [-0.25, -0.2) is 0 Å². The molecule has 0 amide bonds. The minimum absolute atomic E-state index is 0.278. The van der Waals surface area contributed by atoms with Crippen LogP contribution in [0.5, 0.6) is 0 Å². The van der Waals surface area contributed by atoms with Crippen LogP contribution >= 0.6 is 0 Å². The maximum absolute atomic E-state index is 9.70. The number of aliphatic hydroxyl groups is 1. The summed E-state index contributed by atoms with van der Waals surface area (Å²) in [5.41, 5.74) is 0.278. The minimum Gasteiger partial charge on any atom is -0.396 e. The largest absolute Gasteiger partial charge is 0.396 e. The molecule has 0 bridgehead atoms. The summed E-state index contributed by atoms with van der Waals surface area (Å²) in [5.74, 6) is 0.812. The molecule has 0 aromatic rings. The molecular weight excluding hydrogens is 174 g/mol. The van der Waals surface area contributed by atoms with Crippen molar-refractivity contribution in [1.29, 1.82) is 0 Å². The van der Waals surface area contributed by atoms with Gasteiger partial charge in [0.25, 0.3) is 0 Å². The van der Waals surface area contributed by atoms with E-state index in [4.69, 9.17) is 0 Å². The first-order valence-corrected chi connectivity index (χ1v) is 6.19. The molecule has 2 rings (SSSR count). The standard InChI is InChI=1S/C12H23NO/c14-10-12(11-4-1-2-5-11)6-3-8-13-9-7-12/h11,13-14H,1-10H2. The van der Waals surface area contributed by atoms with Crippen molar-refractivity contribution in [3.8, 4) is 0 Å². The van der Waals surface area contributed by atoms with Crippen LogP contribution in [0.4, 0.5) is 0 Å². The van der Waals surface area contributed by atoms with Crippen LogP contribution in [0.15, 0.2) is 0 Å². The Hall–Kier alpha value is -0.0800. The van der Waals surface area contributed by atoms with Crippen molar-refractivity contribution in [3.63, 3.8) is 0 Å². The monoisotopic (exact) mass is 197 g/mol. The first kappa shape index (κ1) is 10.4. The molecule has 2 N–H and O–H groups in total. The van der Waals surface area contributed by atoms with Crippen LogP contribution in [-0.4, -0.2) is 24.8 Å². The van der Waals surface area contributed by atoms with Gasteiger partial charge in [-0.1, -0.05) is 12.8 Å². The van der Waals surface area contributed by atoms with Crippen LogP contribution in [0.1, 0.15) is 44.9 Å². The van der Waals surface area contributed by atoms with Gasteiger partial charge in [0.05, 0.1) is 0 Å². The van der Waals surface area contributed by atoms with Crippen molar-refractivity contribution in [2.75, 3.05) is 19.7 Å². The Bertz CT molecular complexity index is 167. The van der Waals surface area contributed by atoms with E-state index in [0.29, 0.717) is 6.61 Å². The molecule has 1 unspecified atom stereocenters. The van der Waals surface area contributed by atoms with E-state index in [-0.39, 0.29) is 5.41 Å². The topological polar surface area (TPSA) is 32.3 Å². The molecule has 2 fully saturated rings. The van der Waals surface area contributed by atoms with Crippen LogP contribution < -0.4 is 5.32 Å². The zero-order valence-electron chi connectivity index (χ0n) is 9.10. The molecule has 82 valence electrons. The van der Waals surface area contributed by atoms with Gasteiger partial charge in [0.1, 0.15) is 0 Å². The maximum Gasteiger partial charge on any atom is 0.0490 e. The van der Waals surface area contributed by atoms with Gasteiger partial charge in [-0.05, 0) is 56.5 Å². The lowest BCUT2D eigenvalue weighted by molar-refractivity contribution is 0.0498. The average Bonchev–Trinajstić information content (AvgIpc) is 2.64. The van der Waals surface area contributed by atoms with Crippen molar-refractivity contribution in [2.45, 2.75) is 44.9 Å². The van der Waals surface area contributed by atoms with Gasteiger partial charge in [-0.3, -0.25) is 0 Å². The van der Waals surface area contributed by atoms with Gasteiger partial charge < -0.3 is 10.4 Å². The fourth-order valence-corrected chi connectivity index (χ4v) is 3.39. The van der Waals surface area contributed by atoms with Gasteiger partial charge in [0, 0.05) is 6.61 Å². The Labute approximate surface area is 87.1 Å². The minimum atomic E-state index is 0.278. The fourth-order valence-electron chi connectivity index (χ4n) is 3.39. The van der Waals surface area contributed by atoms with Gasteiger partial charge in [-0.15, -0.1) is 0 Å². The molecule has 0 radical (unpaired) electrons. The van der Waals surface area contributed by atoms with E-state index in [0.717, 1.165) is 19.0 Å². The van der Waals surface area contributed by atoms with Crippen molar-refractivity contribution < 1.29 is 5.11 Å². The first-order chi connectivity index (χ1) is 6.87. The zero-order chi connectivity index (χ0) is 9.86. The predicted octanol–water partition coefficient (Wildman–Crippen LogP) is 1.93. The Morgan fingerprint density at radius 3 is 2.57 bits per heavy atom. The molecule has 1 atom stereocenters. The Morgan fingerprint density at radius 1 is 1.07 bits per heavy atom. The van der Waals surface area contributed by atoms with Crippen molar-refractivity contribution in [1.82, 2.24) is 5.32 Å². The van der Waals surface area contributed by atoms with Crippen LogP contribution in [0.3, 0.4) is 0 Å². The lowest BCUT2D eigenvalue weighted by Gasteiger charge is -2.36. The third kappa shape index (κ3) is 1.96. The quantitative estimate of drug-likeness (QED) is 0.709. The lowest BCUT2D eigenvalue weighted by atomic mass is 9.70. The zero-order valence-corrected chi connectivity index (χ0v) is 9.10. The molecule has 0 spiro atoms. The molecule has 0 aromatic heterocycles. The molecule has 0 aromatic carbocycles. The molecule has 1 aliphatic carbocycles. The number of hydrogen-bond donors (Lipinski definition) is 2. The van der Waals surface area contributed by atoms with Gasteiger partial charge >= 0.3 is 0 Å². The third-order valence-corrected chi connectivity index (χ3v) is 4.36. The third-order valence-electron chi connectivity index (χ3n) is 4.36. The number of nitrogens with one attached hydrogen (secondary N) is 1. The number of hydrogen-bond acceptors (Lipinski definition) is 2. The van der Waals surface area contributed by atoms with Crippen molar-refractivity contribution >= 4 is 0 Å². The maximum atomic E-state index is 9.70. The normalized spacial score (nSPS) is 35.8. The molecular formula is C12H23NO. The van der Waals surface area contributed by atoms with E-state index in [1.165, 1.54) is 44.9 Å². The summed E-state index contributed by atoms with van der Waals surface area (Å²) in [7, 11) is 0. The molecule has 1 aliphatic heterocycles. The SMILES string of the molecule is OCC1(C2CCCC2)CCCNCC1. The number of aliphatic hydroxyl groups excluding tert-OH is 1. The Kier molecular flexibility index (Phi) is 3.45. The molecule has 2 heteroatoms. The second-order valence-electron chi connectivity index (χ2n) is 5.11. The highest BCUT2D eigenvalue weighted by molar-refractivity contribution is 4.90. The van der Waals surface area contributed by atoms with Crippen LogP contribution in [0.2, 0.25) is 0 Å². The van der Waals surface area contributed by atoms with Crippen LogP contribution in [0.25, 0.3) is 0 Å². The molecule has 1 saturated heterocycles. The second-order valence-corrected chi connectivity index (χ2v) is 5.11. The van der Waals surface area contributed by atoms with Crippen LogP contribution in [-0.2, 0) is 0 Å². The molecule has 1 heterocycles. The summed E-state index contributed by atoms with van der Waals surface area (Å²) in [6.45, 7) is 2.67. The first-order valence-electron chi connectivity index (χ1n) is 6.19. The van der Waals surface area contributed by atoms with E-state index < -0.39 is 0 Å². The Balaban J connectivity index is 2.04. The van der Waals surface area contributed by atoms with Crippen molar-refractivity contribution in [3.05, 3.63) is 0 Å². The molecule has 2 aliphatic rings. The van der Waals surface area contributed by atoms with Crippen molar-refractivity contribution in [2.24, 2.45) is 11.3 Å². The summed E-state index contributed by atoms with van der Waals surface area (Å²) >= 11 is 0. The molecule has 1 saturated carbocycles. The summed E-state index contributed by atoms with van der Waals surface area (Å²) < 4.78 is 0. The van der Waals surface area contributed by atoms with E-state index in [1.54, 1.807) is 0 Å². The summed E-state index contributed by atoms with van der Waals surface area (Å²) in [4.78, 5) is 0. The van der Waals surface area contributed by atoms with Gasteiger partial charge in [0.15, 0.2) is 0 Å². The summed E-state index contributed by atoms with van der Waals surface area (Å²) in [6, 6.07) is 0. The smallest absolute Gasteiger partial charge is 0.0490 e. The Morgan fingerprint density at radius 2 is 1.86 bits per heavy atom. The number of rotatable bonds is 2. The highest BCUT2D eigenvalue weighted by Crippen LogP contribution is 2.45. The van der Waals surface area contributed by atoms with E-state index >= 15 is 0 Å². The lowest BCUT2D eigenvalue weighted by Crippen LogP contribution is -2.34. The highest BCUT2D eigenvalue weighted by atomic mass is 16.3. The summed E-state index contributed by atoms with van der Waals surface area (Å²) in [5, 5.41) is 13.1. The van der Waals surface area contributed by atoms with Crippen LogP contribution in [0, 0.1) is 11.3 Å². The molecule has 2 nitrogen and oxygen atoms in total. The second kappa shape index (κ2) is 4.63. The van der Waals surface area contributed by atoms with E-state index in [2.05, 4.69) is 5.32 Å². The molecule has 14 heavy (non-hydrogen) atoms. The predicted molar refractivity (Wildman–Crippen MR) is 58.2 cm³/mol. The average molecular weight is 197 g/mol. The summed E-state index contributed by atoms with van der Waals surface area (Å²) in [6.07, 6.45) is 9.17. The fraction of sp³-hybridized carbons (Fsp3) is 1.00. The highest BCUT2D eigenvalue weighted by Gasteiger charge is 2.39. The van der Waals surface area contributed by atoms with E-state index in [1.807, 2.05) is 0 Å². The van der Waals surface area contributed by atoms with Gasteiger partial charge in [0.2, 0.25) is 0 Å². The van der Waals surface area contributed by atoms with Gasteiger partial charge in [-0.2, -0.15) is 0 Å².